The molecule has 0 aliphatic carbocycles. The van der Waals surface area contributed by atoms with Crippen LogP contribution < -0.4 is 10.2 Å². The van der Waals surface area contributed by atoms with Crippen LogP contribution in [0.15, 0.2) is 42.5 Å². The molecule has 0 fully saturated rings. The van der Waals surface area contributed by atoms with Gasteiger partial charge in [-0.1, -0.05) is 30.3 Å². The number of para-hydroxylation sites is 1. The molecule has 2 nitrogen and oxygen atoms in total. The Morgan fingerprint density at radius 1 is 1.10 bits per heavy atom. The number of benzene rings is 2. The predicted octanol–water partition coefficient (Wildman–Crippen LogP) is 3.46. The Balaban J connectivity index is 1.83. The number of hydrogen-bond donors (Lipinski definition) is 1. The lowest BCUT2D eigenvalue weighted by atomic mass is 10.1. The summed E-state index contributed by atoms with van der Waals surface area (Å²) in [5.74, 6) is -0.155. The second-order valence-corrected chi connectivity index (χ2v) is 5.17. The summed E-state index contributed by atoms with van der Waals surface area (Å²) in [5.41, 5.74) is 4.65. The van der Waals surface area contributed by atoms with Crippen molar-refractivity contribution in [2.75, 3.05) is 11.4 Å². The minimum Gasteiger partial charge on any atom is -0.365 e. The quantitative estimate of drug-likeness (QED) is 0.915. The lowest BCUT2D eigenvalue weighted by Gasteiger charge is -2.24. The molecule has 0 amide bonds. The molecule has 1 N–H and O–H groups in total. The van der Waals surface area contributed by atoms with E-state index in [0.29, 0.717) is 5.69 Å². The molecule has 0 atom stereocenters. The third kappa shape index (κ3) is 2.54. The number of fused-ring (bicyclic) bond motifs is 1. The molecule has 3 rings (SSSR count). The highest BCUT2D eigenvalue weighted by atomic mass is 19.1. The maximum absolute atomic E-state index is 13.9. The molecule has 104 valence electrons. The average molecular weight is 270 g/mol. The van der Waals surface area contributed by atoms with Crippen LogP contribution in [-0.2, 0) is 19.6 Å². The van der Waals surface area contributed by atoms with Gasteiger partial charge in [-0.05, 0) is 35.7 Å². The van der Waals surface area contributed by atoms with Gasteiger partial charge >= 0.3 is 0 Å². The van der Waals surface area contributed by atoms with Gasteiger partial charge < -0.3 is 10.2 Å². The molecule has 1 aliphatic heterocycles. The summed E-state index contributed by atoms with van der Waals surface area (Å²) in [7, 11) is 0. The maximum atomic E-state index is 13.9. The first kappa shape index (κ1) is 13.1. The van der Waals surface area contributed by atoms with Crippen molar-refractivity contribution in [2.45, 2.75) is 26.6 Å². The zero-order valence-corrected chi connectivity index (χ0v) is 11.7. The Hall–Kier alpha value is -1.87. The SMILES string of the molecule is CCN(Cc1ccc2c(c1)CNC2)c1ccccc1F. The van der Waals surface area contributed by atoms with Crippen LogP contribution in [0, 0.1) is 5.82 Å². The molecule has 0 unspecified atom stereocenters. The van der Waals surface area contributed by atoms with Gasteiger partial charge in [-0.15, -0.1) is 0 Å². The van der Waals surface area contributed by atoms with Crippen LogP contribution in [0.25, 0.3) is 0 Å². The topological polar surface area (TPSA) is 15.3 Å². The Morgan fingerprint density at radius 3 is 2.70 bits per heavy atom. The van der Waals surface area contributed by atoms with Crippen molar-refractivity contribution in [3.8, 4) is 0 Å². The number of rotatable bonds is 4. The molecule has 1 aliphatic rings. The van der Waals surface area contributed by atoms with E-state index in [1.54, 1.807) is 6.07 Å². The average Bonchev–Trinajstić information content (AvgIpc) is 2.93. The van der Waals surface area contributed by atoms with Gasteiger partial charge in [-0.25, -0.2) is 4.39 Å². The second kappa shape index (κ2) is 5.63. The van der Waals surface area contributed by atoms with Crippen LogP contribution in [0.2, 0.25) is 0 Å². The lowest BCUT2D eigenvalue weighted by molar-refractivity contribution is 0.618. The van der Waals surface area contributed by atoms with Crippen molar-refractivity contribution in [2.24, 2.45) is 0 Å². The van der Waals surface area contributed by atoms with Gasteiger partial charge in [0.1, 0.15) is 5.82 Å². The summed E-state index contributed by atoms with van der Waals surface area (Å²) in [5, 5.41) is 3.35. The van der Waals surface area contributed by atoms with E-state index < -0.39 is 0 Å². The first-order chi connectivity index (χ1) is 9.78. The van der Waals surface area contributed by atoms with E-state index >= 15 is 0 Å². The Kier molecular flexibility index (Phi) is 3.70. The van der Waals surface area contributed by atoms with Crippen LogP contribution in [0.4, 0.5) is 10.1 Å². The molecule has 20 heavy (non-hydrogen) atoms. The smallest absolute Gasteiger partial charge is 0.146 e. The molecular weight excluding hydrogens is 251 g/mol. The predicted molar refractivity (Wildman–Crippen MR) is 80.1 cm³/mol. The van der Waals surface area contributed by atoms with E-state index in [9.17, 15) is 4.39 Å². The van der Waals surface area contributed by atoms with Crippen molar-refractivity contribution >= 4 is 5.69 Å². The van der Waals surface area contributed by atoms with E-state index in [4.69, 9.17) is 0 Å². The number of halogens is 1. The van der Waals surface area contributed by atoms with Crippen LogP contribution in [0.3, 0.4) is 0 Å². The summed E-state index contributed by atoms with van der Waals surface area (Å²) in [6.07, 6.45) is 0. The highest BCUT2D eigenvalue weighted by molar-refractivity contribution is 5.48. The molecule has 2 aromatic carbocycles. The van der Waals surface area contributed by atoms with Crippen LogP contribution in [0.5, 0.6) is 0 Å². The largest absolute Gasteiger partial charge is 0.365 e. The van der Waals surface area contributed by atoms with Gasteiger partial charge in [-0.3, -0.25) is 0 Å². The van der Waals surface area contributed by atoms with Gasteiger partial charge in [0.15, 0.2) is 0 Å². The molecule has 1 heterocycles. The van der Waals surface area contributed by atoms with E-state index in [0.717, 1.165) is 26.2 Å². The second-order valence-electron chi connectivity index (χ2n) is 5.17. The molecule has 0 bridgehead atoms. The highest BCUT2D eigenvalue weighted by Crippen LogP contribution is 2.23. The first-order valence-corrected chi connectivity index (χ1v) is 7.09. The Bertz CT molecular complexity index is 610. The Morgan fingerprint density at radius 2 is 1.90 bits per heavy atom. The van der Waals surface area contributed by atoms with Crippen LogP contribution in [-0.4, -0.2) is 6.54 Å². The summed E-state index contributed by atoms with van der Waals surface area (Å²) >= 11 is 0. The zero-order valence-electron chi connectivity index (χ0n) is 11.7. The standard InChI is InChI=1S/C17H19FN2/c1-2-20(17-6-4-3-5-16(17)18)12-13-7-8-14-10-19-11-15(14)9-13/h3-9,19H,2,10-12H2,1H3. The third-order valence-electron chi connectivity index (χ3n) is 3.85. The molecule has 0 spiro atoms. The summed E-state index contributed by atoms with van der Waals surface area (Å²) < 4.78 is 13.9. The van der Waals surface area contributed by atoms with Crippen molar-refractivity contribution < 1.29 is 4.39 Å². The van der Waals surface area contributed by atoms with Crippen LogP contribution in [0.1, 0.15) is 23.6 Å². The van der Waals surface area contributed by atoms with E-state index in [-0.39, 0.29) is 5.82 Å². The van der Waals surface area contributed by atoms with E-state index in [2.05, 4.69) is 35.3 Å². The molecule has 2 aromatic rings. The fourth-order valence-electron chi connectivity index (χ4n) is 2.74. The molecule has 3 heteroatoms. The van der Waals surface area contributed by atoms with Crippen molar-refractivity contribution in [1.82, 2.24) is 5.32 Å². The van der Waals surface area contributed by atoms with E-state index in [1.807, 2.05) is 12.1 Å². The molecule has 0 saturated carbocycles. The molecular formula is C17H19FN2. The number of hydrogen-bond acceptors (Lipinski definition) is 2. The monoisotopic (exact) mass is 270 g/mol. The number of nitrogens with one attached hydrogen (secondary N) is 1. The third-order valence-corrected chi connectivity index (χ3v) is 3.85. The van der Waals surface area contributed by atoms with Gasteiger partial charge in [-0.2, -0.15) is 0 Å². The van der Waals surface area contributed by atoms with Gasteiger partial charge in [0, 0.05) is 26.2 Å². The molecule has 0 radical (unpaired) electrons. The summed E-state index contributed by atoms with van der Waals surface area (Å²) in [6.45, 7) is 5.48. The van der Waals surface area contributed by atoms with Crippen molar-refractivity contribution in [3.63, 3.8) is 0 Å². The minimum absolute atomic E-state index is 0.155. The molecule has 0 saturated heterocycles. The van der Waals surface area contributed by atoms with Crippen molar-refractivity contribution in [1.29, 1.82) is 0 Å². The Labute approximate surface area is 119 Å². The number of nitrogens with zero attached hydrogens (tertiary/aromatic N) is 1. The van der Waals surface area contributed by atoms with Gasteiger partial charge in [0.25, 0.3) is 0 Å². The highest BCUT2D eigenvalue weighted by Gasteiger charge is 2.13. The maximum Gasteiger partial charge on any atom is 0.146 e. The van der Waals surface area contributed by atoms with Crippen LogP contribution >= 0.6 is 0 Å². The van der Waals surface area contributed by atoms with E-state index in [1.165, 1.54) is 22.8 Å². The summed E-state index contributed by atoms with van der Waals surface area (Å²) in [6, 6.07) is 13.5. The van der Waals surface area contributed by atoms with Gasteiger partial charge in [0.05, 0.1) is 5.69 Å². The minimum atomic E-state index is -0.155. The molecule has 0 aromatic heterocycles. The zero-order chi connectivity index (χ0) is 13.9. The number of anilines is 1. The normalized spacial score (nSPS) is 13.3. The fourth-order valence-corrected chi connectivity index (χ4v) is 2.74. The fraction of sp³-hybridized carbons (Fsp3) is 0.294. The summed E-state index contributed by atoms with van der Waals surface area (Å²) in [4.78, 5) is 2.07. The van der Waals surface area contributed by atoms with Crippen molar-refractivity contribution in [3.05, 3.63) is 65.0 Å². The lowest BCUT2D eigenvalue weighted by Crippen LogP contribution is -2.23. The van der Waals surface area contributed by atoms with Gasteiger partial charge in [0.2, 0.25) is 0 Å². The first-order valence-electron chi connectivity index (χ1n) is 7.09.